The molecular weight excluding hydrogens is 524 g/mol. The van der Waals surface area contributed by atoms with Gasteiger partial charge in [-0.05, 0) is 79.4 Å². The first-order valence-corrected chi connectivity index (χ1v) is 14.7. The van der Waals surface area contributed by atoms with Gasteiger partial charge in [0, 0.05) is 42.3 Å². The Morgan fingerprint density at radius 1 is 0.825 bits per heavy atom. The number of hydrogen-bond donors (Lipinski definition) is 4. The number of nitrogens with zero attached hydrogens (tertiary/aromatic N) is 1. The van der Waals surface area contributed by atoms with Crippen LogP contribution >= 0.6 is 0 Å². The third kappa shape index (κ3) is 9.01. The molecule has 0 saturated heterocycles. The Kier molecular flexibility index (Phi) is 10.4. The number of anilines is 2. The lowest BCUT2D eigenvalue weighted by atomic mass is 10.1. The molecule has 0 saturated carbocycles. The number of nitrogens with one attached hydrogen (secondary N) is 3. The number of aromatic nitrogens is 1. The second-order valence-electron chi connectivity index (χ2n) is 9.47. The molecule has 0 fully saturated rings. The molecule has 0 aliphatic carbocycles. The van der Waals surface area contributed by atoms with Crippen LogP contribution in [-0.4, -0.2) is 37.5 Å². The van der Waals surface area contributed by atoms with Crippen LogP contribution in [0, 0.1) is 0 Å². The number of sulfonamides is 1. The number of benzene rings is 3. The third-order valence-electron chi connectivity index (χ3n) is 6.36. The van der Waals surface area contributed by atoms with Gasteiger partial charge in [-0.25, -0.2) is 8.42 Å². The van der Waals surface area contributed by atoms with Gasteiger partial charge in [-0.1, -0.05) is 48.5 Å². The van der Waals surface area contributed by atoms with E-state index in [2.05, 4.69) is 20.3 Å². The molecule has 4 aromatic rings. The molecule has 0 spiro atoms. The number of aliphatic hydroxyl groups excluding tert-OH is 1. The van der Waals surface area contributed by atoms with Gasteiger partial charge in [0.2, 0.25) is 5.91 Å². The summed E-state index contributed by atoms with van der Waals surface area (Å²) in [4.78, 5) is 16.4. The first kappa shape index (κ1) is 28.9. The minimum absolute atomic E-state index is 0.107. The van der Waals surface area contributed by atoms with Crippen molar-refractivity contribution in [3.63, 3.8) is 0 Å². The van der Waals surface area contributed by atoms with Crippen LogP contribution in [-0.2, 0) is 27.7 Å². The van der Waals surface area contributed by atoms with Crippen molar-refractivity contribution in [2.75, 3.05) is 23.1 Å². The van der Waals surface area contributed by atoms with Crippen molar-refractivity contribution < 1.29 is 18.3 Å². The molecule has 8 nitrogen and oxygen atoms in total. The average Bonchev–Trinajstić information content (AvgIpc) is 2.97. The molecule has 0 aliphatic rings. The highest BCUT2D eigenvalue weighted by atomic mass is 32.2. The van der Waals surface area contributed by atoms with E-state index >= 15 is 0 Å². The minimum atomic E-state index is -3.78. The summed E-state index contributed by atoms with van der Waals surface area (Å²) < 4.78 is 28.3. The molecule has 9 heteroatoms. The van der Waals surface area contributed by atoms with E-state index in [1.54, 1.807) is 42.7 Å². The predicted molar refractivity (Wildman–Crippen MR) is 157 cm³/mol. The standard InChI is InChI=1S/C31H34N4O4S/c36-30(26-9-5-20-32-22-26)23-33-21-19-25-11-13-28(14-12-25)35-40(38,39)29-17-15-27(16-18-29)34-31(37)10-4-8-24-6-2-1-3-7-24/h1-3,5-7,9,11-18,20,22,30,33,35-36H,4,8,10,19,21,23H2,(H,34,37)/t30-/m0/s1. The highest BCUT2D eigenvalue weighted by Crippen LogP contribution is 2.19. The fraction of sp³-hybridized carbons (Fsp3) is 0.226. The quantitative estimate of drug-likeness (QED) is 0.166. The lowest BCUT2D eigenvalue weighted by molar-refractivity contribution is -0.116. The fourth-order valence-electron chi connectivity index (χ4n) is 4.15. The van der Waals surface area contributed by atoms with Crippen molar-refractivity contribution in [3.8, 4) is 0 Å². The Hall–Kier alpha value is -4.05. The summed E-state index contributed by atoms with van der Waals surface area (Å²) in [5.74, 6) is -0.107. The van der Waals surface area contributed by atoms with E-state index in [4.69, 9.17) is 0 Å². The van der Waals surface area contributed by atoms with Crippen LogP contribution in [0.4, 0.5) is 11.4 Å². The third-order valence-corrected chi connectivity index (χ3v) is 7.76. The molecule has 4 rings (SSSR count). The Morgan fingerprint density at radius 2 is 1.52 bits per heavy atom. The maximum absolute atomic E-state index is 12.9. The van der Waals surface area contributed by atoms with Gasteiger partial charge in [-0.2, -0.15) is 0 Å². The average molecular weight is 559 g/mol. The van der Waals surface area contributed by atoms with E-state index < -0.39 is 16.1 Å². The van der Waals surface area contributed by atoms with Gasteiger partial charge in [0.15, 0.2) is 0 Å². The van der Waals surface area contributed by atoms with Crippen LogP contribution in [0.1, 0.15) is 35.6 Å². The highest BCUT2D eigenvalue weighted by Gasteiger charge is 2.15. The number of aryl methyl sites for hydroxylation is 1. The first-order valence-electron chi connectivity index (χ1n) is 13.2. The molecule has 0 bridgehead atoms. The van der Waals surface area contributed by atoms with E-state index in [0.29, 0.717) is 30.9 Å². The zero-order chi connectivity index (χ0) is 28.2. The van der Waals surface area contributed by atoms with Crippen molar-refractivity contribution in [1.82, 2.24) is 10.3 Å². The van der Waals surface area contributed by atoms with Gasteiger partial charge in [-0.15, -0.1) is 0 Å². The number of aliphatic hydroxyl groups is 1. The van der Waals surface area contributed by atoms with Gasteiger partial charge < -0.3 is 15.7 Å². The van der Waals surface area contributed by atoms with Gasteiger partial charge in [0.25, 0.3) is 10.0 Å². The molecule has 3 aromatic carbocycles. The molecule has 0 aliphatic heterocycles. The SMILES string of the molecule is O=C(CCCc1ccccc1)Nc1ccc(S(=O)(=O)Nc2ccc(CCNC[C@H](O)c3cccnc3)cc2)cc1. The lowest BCUT2D eigenvalue weighted by Gasteiger charge is -2.12. The lowest BCUT2D eigenvalue weighted by Crippen LogP contribution is -2.23. The predicted octanol–water partition coefficient (Wildman–Crippen LogP) is 4.71. The van der Waals surface area contributed by atoms with E-state index in [0.717, 1.165) is 30.4 Å². The molecule has 1 amide bonds. The van der Waals surface area contributed by atoms with Gasteiger partial charge in [0.1, 0.15) is 0 Å². The zero-order valence-corrected chi connectivity index (χ0v) is 23.0. The van der Waals surface area contributed by atoms with Gasteiger partial charge in [-0.3, -0.25) is 14.5 Å². The number of amides is 1. The largest absolute Gasteiger partial charge is 0.387 e. The van der Waals surface area contributed by atoms with Crippen LogP contribution in [0.15, 0.2) is 108 Å². The molecule has 40 heavy (non-hydrogen) atoms. The van der Waals surface area contributed by atoms with Crippen molar-refractivity contribution in [2.24, 2.45) is 0 Å². The van der Waals surface area contributed by atoms with Crippen LogP contribution in [0.2, 0.25) is 0 Å². The summed E-state index contributed by atoms with van der Waals surface area (Å²) in [6.07, 6.45) is 5.36. The summed E-state index contributed by atoms with van der Waals surface area (Å²) >= 11 is 0. The van der Waals surface area contributed by atoms with Crippen molar-refractivity contribution >= 4 is 27.3 Å². The second-order valence-corrected chi connectivity index (χ2v) is 11.2. The van der Waals surface area contributed by atoms with Crippen LogP contribution in [0.25, 0.3) is 0 Å². The van der Waals surface area contributed by atoms with Crippen molar-refractivity contribution in [3.05, 3.63) is 120 Å². The van der Waals surface area contributed by atoms with Crippen LogP contribution in [0.5, 0.6) is 0 Å². The summed E-state index contributed by atoms with van der Waals surface area (Å²) in [5, 5.41) is 16.2. The summed E-state index contributed by atoms with van der Waals surface area (Å²) in [5.41, 5.74) is 4.00. The van der Waals surface area contributed by atoms with Gasteiger partial charge >= 0.3 is 0 Å². The van der Waals surface area contributed by atoms with Crippen molar-refractivity contribution in [1.29, 1.82) is 0 Å². The van der Waals surface area contributed by atoms with E-state index in [-0.39, 0.29) is 10.8 Å². The Morgan fingerprint density at radius 3 is 2.23 bits per heavy atom. The number of carbonyl (C=O) groups excluding carboxylic acids is 1. The maximum Gasteiger partial charge on any atom is 0.261 e. The normalized spacial score (nSPS) is 12.0. The number of pyridine rings is 1. The highest BCUT2D eigenvalue weighted by molar-refractivity contribution is 7.92. The van der Waals surface area contributed by atoms with E-state index in [1.165, 1.54) is 17.7 Å². The topological polar surface area (TPSA) is 120 Å². The maximum atomic E-state index is 12.9. The van der Waals surface area contributed by atoms with E-state index in [9.17, 15) is 18.3 Å². The molecule has 0 radical (unpaired) electrons. The summed E-state index contributed by atoms with van der Waals surface area (Å²) in [6, 6.07) is 26.9. The molecule has 0 unspecified atom stereocenters. The summed E-state index contributed by atoms with van der Waals surface area (Å²) in [7, 11) is -3.78. The number of hydrogen-bond acceptors (Lipinski definition) is 6. The minimum Gasteiger partial charge on any atom is -0.387 e. The molecular formula is C31H34N4O4S. The van der Waals surface area contributed by atoms with E-state index in [1.807, 2.05) is 48.5 Å². The molecule has 1 heterocycles. The molecule has 1 aromatic heterocycles. The monoisotopic (exact) mass is 558 g/mol. The molecule has 1 atom stereocenters. The zero-order valence-electron chi connectivity index (χ0n) is 22.2. The van der Waals surface area contributed by atoms with Crippen LogP contribution in [0.3, 0.4) is 0 Å². The van der Waals surface area contributed by atoms with Crippen molar-refractivity contribution in [2.45, 2.75) is 36.7 Å². The molecule has 4 N–H and O–H groups in total. The number of rotatable bonds is 14. The fourth-order valence-corrected chi connectivity index (χ4v) is 5.21. The smallest absolute Gasteiger partial charge is 0.261 e. The molecule has 208 valence electrons. The Bertz CT molecular complexity index is 1450. The summed E-state index contributed by atoms with van der Waals surface area (Å²) in [6.45, 7) is 1.08. The Labute approximate surface area is 235 Å². The van der Waals surface area contributed by atoms with Crippen LogP contribution < -0.4 is 15.4 Å². The first-order chi connectivity index (χ1) is 19.4. The van der Waals surface area contributed by atoms with Gasteiger partial charge in [0.05, 0.1) is 11.0 Å². The second kappa shape index (κ2) is 14.4. The number of carbonyl (C=O) groups is 1. The Balaban J connectivity index is 1.20.